The molecule has 9 heteroatoms. The molecule has 4 aliphatic rings. The molecule has 28 heavy (non-hydrogen) atoms. The Hall–Kier alpha value is -2.03. The number of carboxylic acid groups (broad SMARTS) is 1. The molecule has 2 aliphatic heterocycles. The molecule has 154 valence electrons. The summed E-state index contributed by atoms with van der Waals surface area (Å²) in [4.78, 5) is 38.3. The minimum absolute atomic E-state index is 0.0912. The molecule has 1 N–H and O–H groups in total. The van der Waals surface area contributed by atoms with E-state index in [1.54, 1.807) is 11.8 Å². The molecule has 0 bridgehead atoms. The second-order valence-electron chi connectivity index (χ2n) is 7.92. The molecule has 2 saturated carbocycles. The Bertz CT molecular complexity index is 727. The Morgan fingerprint density at radius 1 is 1.32 bits per heavy atom. The van der Waals surface area contributed by atoms with E-state index in [1.807, 2.05) is 0 Å². The molecule has 8 atom stereocenters. The molecular weight excluding hydrogens is 376 g/mol. The molecular formula is C19H23F2NO6. The average molecular weight is 399 g/mol. The van der Waals surface area contributed by atoms with E-state index in [1.165, 1.54) is 6.20 Å². The molecule has 0 aromatic carbocycles. The zero-order valence-electron chi connectivity index (χ0n) is 15.4. The summed E-state index contributed by atoms with van der Waals surface area (Å²) >= 11 is 0. The van der Waals surface area contributed by atoms with Crippen molar-refractivity contribution in [3.63, 3.8) is 0 Å². The summed E-state index contributed by atoms with van der Waals surface area (Å²) in [7, 11) is 0. The molecule has 4 rings (SSSR count). The van der Waals surface area contributed by atoms with Gasteiger partial charge in [-0.25, -0.2) is 13.6 Å². The van der Waals surface area contributed by atoms with Crippen molar-refractivity contribution in [1.82, 2.24) is 4.90 Å². The third-order valence-corrected chi connectivity index (χ3v) is 6.43. The first-order chi connectivity index (χ1) is 13.3. The van der Waals surface area contributed by atoms with E-state index in [-0.39, 0.29) is 31.1 Å². The topological polar surface area (TPSA) is 93.1 Å². The molecule has 0 amide bonds. The summed E-state index contributed by atoms with van der Waals surface area (Å²) in [6, 6.07) is -0.990. The van der Waals surface area contributed by atoms with Crippen molar-refractivity contribution >= 4 is 17.7 Å². The first-order valence-corrected chi connectivity index (χ1v) is 9.70. The fourth-order valence-electron chi connectivity index (χ4n) is 5.13. The van der Waals surface area contributed by atoms with Gasteiger partial charge in [0.05, 0.1) is 30.7 Å². The highest BCUT2D eigenvalue weighted by Gasteiger charge is 2.59. The number of hydrogen-bond donors (Lipinski definition) is 1. The number of nitrogens with zero attached hydrogens (tertiary/aromatic N) is 1. The molecule has 8 unspecified atom stereocenters. The maximum Gasteiger partial charge on any atom is 0.343 e. The van der Waals surface area contributed by atoms with Gasteiger partial charge in [0, 0.05) is 12.1 Å². The van der Waals surface area contributed by atoms with Crippen LogP contribution in [0.4, 0.5) is 8.78 Å². The predicted molar refractivity (Wildman–Crippen MR) is 90.7 cm³/mol. The first-order valence-electron chi connectivity index (χ1n) is 9.70. The number of halogens is 2. The van der Waals surface area contributed by atoms with Crippen LogP contribution in [0.1, 0.15) is 32.6 Å². The monoisotopic (exact) mass is 399 g/mol. The number of carbonyl (C=O) groups is 3. The zero-order chi connectivity index (χ0) is 20.2. The van der Waals surface area contributed by atoms with E-state index < -0.39 is 60.2 Å². The number of morpholine rings is 1. The fraction of sp³-hybridized carbons (Fsp3) is 0.737. The predicted octanol–water partition coefficient (Wildman–Crippen LogP) is 1.40. The number of ether oxygens (including phenoxy) is 2. The van der Waals surface area contributed by atoms with Gasteiger partial charge in [-0.15, -0.1) is 0 Å². The molecule has 0 radical (unpaired) electrons. The smallest absolute Gasteiger partial charge is 0.343 e. The van der Waals surface area contributed by atoms with Crippen molar-refractivity contribution in [3.05, 3.63) is 11.8 Å². The molecule has 2 aliphatic carbocycles. The lowest BCUT2D eigenvalue weighted by molar-refractivity contribution is -0.214. The number of esters is 1. The Kier molecular flexibility index (Phi) is 4.89. The molecule has 0 aromatic rings. The Morgan fingerprint density at radius 2 is 2.07 bits per heavy atom. The van der Waals surface area contributed by atoms with E-state index in [2.05, 4.69) is 0 Å². The highest BCUT2D eigenvalue weighted by Crippen LogP contribution is 2.47. The van der Waals surface area contributed by atoms with Gasteiger partial charge in [-0.2, -0.15) is 0 Å². The van der Waals surface area contributed by atoms with E-state index in [9.17, 15) is 28.3 Å². The lowest BCUT2D eigenvalue weighted by Crippen LogP contribution is -2.70. The lowest BCUT2D eigenvalue weighted by Gasteiger charge is -2.58. The quantitative estimate of drug-likeness (QED) is 0.566. The number of aliphatic carboxylic acids is 1. The number of fused-ring (bicyclic) bond motifs is 2. The van der Waals surface area contributed by atoms with Crippen LogP contribution in [-0.4, -0.2) is 71.0 Å². The largest absolute Gasteiger partial charge is 0.481 e. The van der Waals surface area contributed by atoms with Crippen LogP contribution < -0.4 is 0 Å². The normalized spacial score (nSPS) is 42.2. The van der Waals surface area contributed by atoms with Crippen LogP contribution in [0.25, 0.3) is 0 Å². The second kappa shape index (κ2) is 7.09. The van der Waals surface area contributed by atoms with Gasteiger partial charge in [0.15, 0.2) is 12.0 Å². The molecule has 0 aromatic heterocycles. The number of rotatable bonds is 3. The zero-order valence-corrected chi connectivity index (χ0v) is 15.4. The van der Waals surface area contributed by atoms with Crippen molar-refractivity contribution in [2.24, 2.45) is 11.8 Å². The Morgan fingerprint density at radius 3 is 2.75 bits per heavy atom. The van der Waals surface area contributed by atoms with Gasteiger partial charge in [0.25, 0.3) is 0 Å². The third-order valence-electron chi connectivity index (χ3n) is 6.43. The van der Waals surface area contributed by atoms with Gasteiger partial charge in [0.2, 0.25) is 0 Å². The van der Waals surface area contributed by atoms with Crippen molar-refractivity contribution in [1.29, 1.82) is 0 Å². The van der Waals surface area contributed by atoms with Crippen LogP contribution >= 0.6 is 0 Å². The summed E-state index contributed by atoms with van der Waals surface area (Å²) in [5, 5.41) is 9.32. The van der Waals surface area contributed by atoms with E-state index in [0.29, 0.717) is 12.8 Å². The van der Waals surface area contributed by atoms with Crippen LogP contribution in [0.3, 0.4) is 0 Å². The van der Waals surface area contributed by atoms with Crippen molar-refractivity contribution in [2.45, 2.75) is 69.2 Å². The second-order valence-corrected chi connectivity index (χ2v) is 7.92. The maximum atomic E-state index is 14.7. The van der Waals surface area contributed by atoms with Gasteiger partial charge in [-0.3, -0.25) is 9.59 Å². The highest BCUT2D eigenvalue weighted by molar-refractivity contribution is 6.18. The van der Waals surface area contributed by atoms with Crippen LogP contribution in [0.5, 0.6) is 0 Å². The van der Waals surface area contributed by atoms with Crippen LogP contribution in [0, 0.1) is 11.8 Å². The minimum atomic E-state index is -1.90. The summed E-state index contributed by atoms with van der Waals surface area (Å²) in [6.45, 7) is 1.71. The molecule has 0 spiro atoms. The minimum Gasteiger partial charge on any atom is -0.481 e. The highest BCUT2D eigenvalue weighted by atomic mass is 19.2. The van der Waals surface area contributed by atoms with Gasteiger partial charge >= 0.3 is 11.9 Å². The van der Waals surface area contributed by atoms with E-state index in [4.69, 9.17) is 9.47 Å². The van der Waals surface area contributed by atoms with Gasteiger partial charge < -0.3 is 19.5 Å². The summed E-state index contributed by atoms with van der Waals surface area (Å²) in [5.74, 6) is -3.77. The summed E-state index contributed by atoms with van der Waals surface area (Å²) < 4.78 is 39.9. The number of ketones is 1. The molecule has 3 fully saturated rings. The van der Waals surface area contributed by atoms with Crippen LogP contribution in [-0.2, 0) is 23.9 Å². The molecule has 1 saturated heterocycles. The molecule has 2 heterocycles. The number of hydrogen-bond acceptors (Lipinski definition) is 6. The van der Waals surface area contributed by atoms with Crippen molar-refractivity contribution < 1.29 is 37.7 Å². The number of carbonyl (C=O) groups excluding carboxylic acids is 2. The standard InChI is InChI=1S/C19H23F2NO6/c1-2-27-19(26)10-7-22-12-4-3-8(18(24)25)5-13(12)28-17-14(21)11(20)6-9(15(17)22)16(10)23/h7-9,11-15,17H,2-6H2,1H3,(H,24,25). The average Bonchev–Trinajstić information content (AvgIpc) is 2.67. The van der Waals surface area contributed by atoms with Crippen LogP contribution in [0.15, 0.2) is 11.8 Å². The SMILES string of the molecule is CCOC(=O)C1=CN2C3CCC(C(=O)O)CC3OC3C(F)C(F)CC(C1=O)C32. The van der Waals surface area contributed by atoms with Crippen molar-refractivity contribution in [2.75, 3.05) is 6.61 Å². The van der Waals surface area contributed by atoms with Crippen LogP contribution in [0.2, 0.25) is 0 Å². The number of alkyl halides is 2. The summed E-state index contributed by atoms with van der Waals surface area (Å²) in [5.41, 5.74) is -0.160. The number of carboxylic acids is 1. The van der Waals surface area contributed by atoms with Gasteiger partial charge in [-0.05, 0) is 32.6 Å². The first kappa shape index (κ1) is 19.3. The Labute approximate surface area is 160 Å². The molecule has 7 nitrogen and oxygen atoms in total. The van der Waals surface area contributed by atoms with E-state index >= 15 is 0 Å². The maximum absolute atomic E-state index is 14.7. The Balaban J connectivity index is 1.72. The summed E-state index contributed by atoms with van der Waals surface area (Å²) in [6.07, 6.45) is -3.40. The third kappa shape index (κ3) is 2.91. The number of Topliss-reactive ketones (excluding diaryl/α,β-unsaturated/α-hetero) is 1. The van der Waals surface area contributed by atoms with Crippen molar-refractivity contribution in [3.8, 4) is 0 Å². The fourth-order valence-corrected chi connectivity index (χ4v) is 5.13. The lowest BCUT2D eigenvalue weighted by atomic mass is 9.70. The van der Waals surface area contributed by atoms with Gasteiger partial charge in [0.1, 0.15) is 17.8 Å². The van der Waals surface area contributed by atoms with E-state index in [0.717, 1.165) is 0 Å². The van der Waals surface area contributed by atoms with Gasteiger partial charge in [-0.1, -0.05) is 0 Å².